The highest BCUT2D eigenvalue weighted by Crippen LogP contribution is 2.36. The van der Waals surface area contributed by atoms with Crippen molar-refractivity contribution in [2.45, 2.75) is 0 Å². The number of benzene rings is 3. The predicted octanol–water partition coefficient (Wildman–Crippen LogP) is 6.54. The molecule has 0 amide bonds. The fourth-order valence-corrected chi connectivity index (χ4v) is 4.64. The van der Waals surface area contributed by atoms with Crippen LogP contribution in [-0.4, -0.2) is 17.8 Å². The van der Waals surface area contributed by atoms with Gasteiger partial charge in [-0.2, -0.15) is 0 Å². The smallest absolute Gasteiger partial charge is 0.363 e. The molecule has 31 heavy (non-hydrogen) atoms. The summed E-state index contributed by atoms with van der Waals surface area (Å²) in [6.07, 6.45) is 1.60. The normalized spacial score (nSPS) is 14.4. The molecule has 154 valence electrons. The minimum atomic E-state index is -0.544. The zero-order chi connectivity index (χ0) is 22.0. The van der Waals surface area contributed by atoms with Gasteiger partial charge in [-0.15, -0.1) is 0 Å². The van der Waals surface area contributed by atoms with Crippen molar-refractivity contribution < 1.29 is 19.1 Å². The molecule has 0 N–H and O–H groups in total. The van der Waals surface area contributed by atoms with Crippen molar-refractivity contribution in [3.63, 3.8) is 0 Å². The highest BCUT2D eigenvalue weighted by Gasteiger charge is 2.25. The number of hydrogen-bond acceptors (Lipinski definition) is 5. The molecular weight excluding hydrogens is 594 g/mol. The van der Waals surface area contributed by atoms with Gasteiger partial charge in [0, 0.05) is 4.47 Å². The fourth-order valence-electron chi connectivity index (χ4n) is 2.80. The van der Waals surface area contributed by atoms with E-state index in [9.17, 15) is 9.59 Å². The van der Waals surface area contributed by atoms with Gasteiger partial charge >= 0.3 is 11.9 Å². The van der Waals surface area contributed by atoms with Crippen molar-refractivity contribution in [2.75, 3.05) is 0 Å². The van der Waals surface area contributed by atoms with Gasteiger partial charge in [0.15, 0.2) is 11.4 Å². The van der Waals surface area contributed by atoms with Crippen LogP contribution >= 0.6 is 47.8 Å². The van der Waals surface area contributed by atoms with Gasteiger partial charge in [0.25, 0.3) is 0 Å². The number of carbonyl (C=O) groups is 2. The van der Waals surface area contributed by atoms with E-state index in [-0.39, 0.29) is 11.6 Å². The number of esters is 2. The third-order valence-corrected chi connectivity index (χ3v) is 6.12. The maximum absolute atomic E-state index is 12.4. The molecule has 0 unspecified atom stereocenters. The first-order chi connectivity index (χ1) is 14.9. The van der Waals surface area contributed by atoms with E-state index >= 15 is 0 Å². The molecule has 0 saturated heterocycles. The van der Waals surface area contributed by atoms with Crippen molar-refractivity contribution in [2.24, 2.45) is 4.99 Å². The average Bonchev–Trinajstić information content (AvgIpc) is 3.11. The quantitative estimate of drug-likeness (QED) is 0.193. The number of nitrogens with zero attached hydrogens (tertiary/aromatic N) is 1. The first-order valence-corrected chi connectivity index (χ1v) is 11.3. The zero-order valence-corrected chi connectivity index (χ0v) is 20.4. The molecule has 0 saturated carbocycles. The van der Waals surface area contributed by atoms with Gasteiger partial charge in [-0.1, -0.05) is 30.3 Å². The molecule has 1 aliphatic rings. The number of ether oxygens (including phenoxy) is 2. The number of aliphatic imine (C=N–C) groups is 1. The van der Waals surface area contributed by atoms with E-state index < -0.39 is 11.9 Å². The number of hydrogen-bond donors (Lipinski definition) is 0. The second-order valence-corrected chi connectivity index (χ2v) is 8.95. The average molecular weight is 606 g/mol. The van der Waals surface area contributed by atoms with Crippen LogP contribution in [0.2, 0.25) is 0 Å². The highest BCUT2D eigenvalue weighted by atomic mass is 79.9. The van der Waals surface area contributed by atoms with Crippen LogP contribution in [-0.2, 0) is 9.53 Å². The van der Waals surface area contributed by atoms with E-state index in [1.807, 2.05) is 30.3 Å². The predicted molar refractivity (Wildman–Crippen MR) is 128 cm³/mol. The maximum Gasteiger partial charge on any atom is 0.363 e. The molecule has 3 aromatic carbocycles. The maximum atomic E-state index is 12.4. The van der Waals surface area contributed by atoms with Crippen molar-refractivity contribution in [1.82, 2.24) is 0 Å². The molecule has 0 spiro atoms. The van der Waals surface area contributed by atoms with Crippen LogP contribution in [0.4, 0.5) is 0 Å². The lowest BCUT2D eigenvalue weighted by molar-refractivity contribution is -0.129. The number of halogens is 3. The summed E-state index contributed by atoms with van der Waals surface area (Å²) in [6.45, 7) is 0. The SMILES string of the molecule is O=C1OC(c2ccccc2Br)=N/C1=C\c1cc(Br)c(OC(=O)c2ccccc2)c(Br)c1. The second-order valence-electron chi connectivity index (χ2n) is 6.39. The first kappa shape index (κ1) is 21.7. The molecule has 5 nitrogen and oxygen atoms in total. The topological polar surface area (TPSA) is 65.0 Å². The minimum absolute atomic E-state index is 0.165. The van der Waals surface area contributed by atoms with E-state index in [2.05, 4.69) is 52.8 Å². The third-order valence-electron chi connectivity index (χ3n) is 4.25. The standard InChI is InChI=1S/C23H12Br3NO4/c24-16-9-5-4-8-15(16)21-27-19(23(29)31-21)12-13-10-17(25)20(18(26)11-13)30-22(28)14-6-2-1-3-7-14/h1-12H/b19-12-. The molecule has 3 aromatic rings. The Kier molecular flexibility index (Phi) is 6.50. The lowest BCUT2D eigenvalue weighted by Crippen LogP contribution is -2.09. The molecule has 4 rings (SSSR count). The van der Waals surface area contributed by atoms with Gasteiger partial charge in [-0.05, 0) is 95.8 Å². The van der Waals surface area contributed by atoms with Crippen LogP contribution in [0.25, 0.3) is 6.08 Å². The zero-order valence-electron chi connectivity index (χ0n) is 15.6. The van der Waals surface area contributed by atoms with Gasteiger partial charge in [-0.25, -0.2) is 14.6 Å². The largest absolute Gasteiger partial charge is 0.421 e. The monoisotopic (exact) mass is 603 g/mol. The fraction of sp³-hybridized carbons (Fsp3) is 0. The van der Waals surface area contributed by atoms with Gasteiger partial charge < -0.3 is 9.47 Å². The first-order valence-electron chi connectivity index (χ1n) is 8.96. The van der Waals surface area contributed by atoms with Crippen LogP contribution in [0.1, 0.15) is 21.5 Å². The Bertz CT molecular complexity index is 1230. The summed E-state index contributed by atoms with van der Waals surface area (Å²) in [5, 5.41) is 0. The lowest BCUT2D eigenvalue weighted by atomic mass is 10.2. The molecule has 0 aliphatic carbocycles. The van der Waals surface area contributed by atoms with E-state index in [0.29, 0.717) is 31.4 Å². The molecule has 1 heterocycles. The Morgan fingerprint density at radius 3 is 2.23 bits per heavy atom. The van der Waals surface area contributed by atoms with Gasteiger partial charge in [0.05, 0.1) is 20.1 Å². The molecule has 8 heteroatoms. The number of rotatable bonds is 4. The molecule has 0 radical (unpaired) electrons. The third kappa shape index (κ3) is 4.87. The summed E-state index contributed by atoms with van der Waals surface area (Å²) in [5.41, 5.74) is 1.96. The van der Waals surface area contributed by atoms with Gasteiger partial charge in [0.2, 0.25) is 5.90 Å². The molecule has 0 atom stereocenters. The van der Waals surface area contributed by atoms with Gasteiger partial charge in [-0.3, -0.25) is 0 Å². The summed E-state index contributed by atoms with van der Waals surface area (Å²) in [5.74, 6) is -0.453. The van der Waals surface area contributed by atoms with Crippen LogP contribution in [0.15, 0.2) is 90.8 Å². The Labute approximate surface area is 203 Å². The Morgan fingerprint density at radius 1 is 0.903 bits per heavy atom. The number of carbonyl (C=O) groups excluding carboxylic acids is 2. The summed E-state index contributed by atoms with van der Waals surface area (Å²) in [6, 6.07) is 19.5. The van der Waals surface area contributed by atoms with Crippen LogP contribution in [0.3, 0.4) is 0 Å². The van der Waals surface area contributed by atoms with Crippen LogP contribution < -0.4 is 4.74 Å². The minimum Gasteiger partial charge on any atom is -0.421 e. The van der Waals surface area contributed by atoms with Crippen molar-refractivity contribution in [3.8, 4) is 5.75 Å². The van der Waals surface area contributed by atoms with E-state index in [0.717, 1.165) is 4.47 Å². The van der Waals surface area contributed by atoms with Crippen molar-refractivity contribution in [3.05, 3.63) is 103 Å². The Morgan fingerprint density at radius 2 is 1.55 bits per heavy atom. The molecule has 0 aromatic heterocycles. The summed E-state index contributed by atoms with van der Waals surface area (Å²) in [4.78, 5) is 29.0. The van der Waals surface area contributed by atoms with E-state index in [1.54, 1.807) is 42.5 Å². The highest BCUT2D eigenvalue weighted by molar-refractivity contribution is 9.11. The van der Waals surface area contributed by atoms with Crippen LogP contribution in [0, 0.1) is 0 Å². The molecular formula is C23H12Br3NO4. The molecule has 0 fully saturated rings. The van der Waals surface area contributed by atoms with Crippen molar-refractivity contribution in [1.29, 1.82) is 0 Å². The summed E-state index contributed by atoms with van der Waals surface area (Å²) >= 11 is 10.3. The van der Waals surface area contributed by atoms with Gasteiger partial charge in [0.1, 0.15) is 0 Å². The molecule has 1 aliphatic heterocycles. The lowest BCUT2D eigenvalue weighted by Gasteiger charge is -2.10. The summed E-state index contributed by atoms with van der Waals surface area (Å²) < 4.78 is 12.7. The Balaban J connectivity index is 1.61. The molecule has 0 bridgehead atoms. The van der Waals surface area contributed by atoms with Crippen LogP contribution in [0.5, 0.6) is 5.75 Å². The summed E-state index contributed by atoms with van der Waals surface area (Å²) in [7, 11) is 0. The Hall–Kier alpha value is -2.55. The van der Waals surface area contributed by atoms with Crippen molar-refractivity contribution >= 4 is 71.7 Å². The number of cyclic esters (lactones) is 1. The van der Waals surface area contributed by atoms with E-state index in [1.165, 1.54) is 0 Å². The second kappa shape index (κ2) is 9.30. The van der Waals surface area contributed by atoms with E-state index in [4.69, 9.17) is 9.47 Å².